The summed E-state index contributed by atoms with van der Waals surface area (Å²) in [6.45, 7) is 4.40. The summed E-state index contributed by atoms with van der Waals surface area (Å²) in [5.74, 6) is 1.12. The van der Waals surface area contributed by atoms with Crippen molar-refractivity contribution in [3.63, 3.8) is 0 Å². The highest BCUT2D eigenvalue weighted by molar-refractivity contribution is 5.86. The SMILES string of the molecule is CC[C@H](C)c1ccc(N=Cc2cccc(OC)c2O)cc1. The van der Waals surface area contributed by atoms with Gasteiger partial charge in [-0.05, 0) is 42.2 Å². The molecule has 1 atom stereocenters. The van der Waals surface area contributed by atoms with Gasteiger partial charge in [0, 0.05) is 11.8 Å². The maximum atomic E-state index is 10.00. The predicted molar refractivity (Wildman–Crippen MR) is 87.1 cm³/mol. The molecule has 0 amide bonds. The van der Waals surface area contributed by atoms with Crippen LogP contribution in [-0.2, 0) is 0 Å². The van der Waals surface area contributed by atoms with Gasteiger partial charge in [0.25, 0.3) is 0 Å². The van der Waals surface area contributed by atoms with E-state index in [1.165, 1.54) is 12.7 Å². The summed E-state index contributed by atoms with van der Waals surface area (Å²) in [7, 11) is 1.53. The summed E-state index contributed by atoms with van der Waals surface area (Å²) < 4.78 is 5.08. The van der Waals surface area contributed by atoms with Gasteiger partial charge in [0.05, 0.1) is 12.8 Å². The molecule has 3 nitrogen and oxygen atoms in total. The molecule has 0 bridgehead atoms. The highest BCUT2D eigenvalue weighted by Crippen LogP contribution is 2.28. The molecule has 0 radical (unpaired) electrons. The quantitative estimate of drug-likeness (QED) is 0.810. The highest BCUT2D eigenvalue weighted by atomic mass is 16.5. The molecule has 0 saturated carbocycles. The predicted octanol–water partition coefficient (Wildman–Crippen LogP) is 4.66. The Labute approximate surface area is 125 Å². The molecule has 0 aliphatic carbocycles. The Bertz CT molecular complexity index is 618. The van der Waals surface area contributed by atoms with Gasteiger partial charge in [0.15, 0.2) is 11.5 Å². The number of para-hydroxylation sites is 1. The molecule has 0 fully saturated rings. The van der Waals surface area contributed by atoms with E-state index in [9.17, 15) is 5.11 Å². The first-order valence-corrected chi connectivity index (χ1v) is 7.15. The Balaban J connectivity index is 2.18. The summed E-state index contributed by atoms with van der Waals surface area (Å²) in [5.41, 5.74) is 2.82. The number of benzene rings is 2. The lowest BCUT2D eigenvalue weighted by molar-refractivity contribution is 0.373. The van der Waals surface area contributed by atoms with E-state index in [2.05, 4.69) is 31.0 Å². The summed E-state index contributed by atoms with van der Waals surface area (Å²) in [6, 6.07) is 13.5. The Morgan fingerprint density at radius 2 is 1.90 bits per heavy atom. The van der Waals surface area contributed by atoms with Gasteiger partial charge in [0.1, 0.15) is 0 Å². The van der Waals surface area contributed by atoms with Crippen molar-refractivity contribution in [2.45, 2.75) is 26.2 Å². The molecular formula is C18H21NO2. The van der Waals surface area contributed by atoms with Crippen LogP contribution >= 0.6 is 0 Å². The van der Waals surface area contributed by atoms with Gasteiger partial charge >= 0.3 is 0 Å². The standard InChI is InChI=1S/C18H21NO2/c1-4-13(2)14-8-10-16(11-9-14)19-12-15-6-5-7-17(21-3)18(15)20/h5-13,20H,4H2,1-3H3/t13-/m0/s1. The molecule has 0 saturated heterocycles. The monoisotopic (exact) mass is 283 g/mol. The van der Waals surface area contributed by atoms with E-state index in [0.717, 1.165) is 12.1 Å². The molecule has 110 valence electrons. The fraction of sp³-hybridized carbons (Fsp3) is 0.278. The van der Waals surface area contributed by atoms with Crippen LogP contribution in [0.15, 0.2) is 47.5 Å². The molecule has 21 heavy (non-hydrogen) atoms. The van der Waals surface area contributed by atoms with Gasteiger partial charge < -0.3 is 9.84 Å². The van der Waals surface area contributed by atoms with Crippen LogP contribution in [0, 0.1) is 0 Å². The number of hydrogen-bond acceptors (Lipinski definition) is 3. The minimum atomic E-state index is 0.111. The van der Waals surface area contributed by atoms with Crippen LogP contribution in [0.5, 0.6) is 11.5 Å². The van der Waals surface area contributed by atoms with Crippen LogP contribution in [0.2, 0.25) is 0 Å². The Morgan fingerprint density at radius 1 is 1.19 bits per heavy atom. The summed E-state index contributed by atoms with van der Waals surface area (Å²) >= 11 is 0. The summed E-state index contributed by atoms with van der Waals surface area (Å²) in [6.07, 6.45) is 2.77. The smallest absolute Gasteiger partial charge is 0.166 e. The number of nitrogens with zero attached hydrogens (tertiary/aromatic N) is 1. The van der Waals surface area contributed by atoms with E-state index >= 15 is 0 Å². The van der Waals surface area contributed by atoms with Gasteiger partial charge in [0.2, 0.25) is 0 Å². The number of aromatic hydroxyl groups is 1. The Kier molecular flexibility index (Phi) is 4.99. The average molecular weight is 283 g/mol. The number of aliphatic imine (C=N–C) groups is 1. The van der Waals surface area contributed by atoms with Crippen LogP contribution in [0.3, 0.4) is 0 Å². The van der Waals surface area contributed by atoms with Crippen molar-refractivity contribution in [1.29, 1.82) is 0 Å². The van der Waals surface area contributed by atoms with E-state index in [-0.39, 0.29) is 5.75 Å². The lowest BCUT2D eigenvalue weighted by Crippen LogP contribution is -1.90. The molecule has 0 unspecified atom stereocenters. The summed E-state index contributed by atoms with van der Waals surface area (Å²) in [5, 5.41) is 10.00. The first-order chi connectivity index (χ1) is 10.2. The topological polar surface area (TPSA) is 41.8 Å². The Hall–Kier alpha value is -2.29. The van der Waals surface area contributed by atoms with Crippen molar-refractivity contribution in [3.05, 3.63) is 53.6 Å². The number of methoxy groups -OCH3 is 1. The number of phenols is 1. The fourth-order valence-electron chi connectivity index (χ4n) is 2.08. The number of hydrogen-bond donors (Lipinski definition) is 1. The lowest BCUT2D eigenvalue weighted by Gasteiger charge is -2.08. The van der Waals surface area contributed by atoms with Crippen molar-refractivity contribution in [2.75, 3.05) is 7.11 Å². The first-order valence-electron chi connectivity index (χ1n) is 7.15. The lowest BCUT2D eigenvalue weighted by atomic mass is 9.99. The Morgan fingerprint density at radius 3 is 2.52 bits per heavy atom. The number of ether oxygens (including phenoxy) is 1. The minimum Gasteiger partial charge on any atom is -0.504 e. The molecule has 0 heterocycles. The molecule has 2 aromatic carbocycles. The van der Waals surface area contributed by atoms with Crippen molar-refractivity contribution in [1.82, 2.24) is 0 Å². The van der Waals surface area contributed by atoms with E-state index in [1.807, 2.05) is 18.2 Å². The van der Waals surface area contributed by atoms with Crippen LogP contribution in [0.25, 0.3) is 0 Å². The molecule has 0 aromatic heterocycles. The van der Waals surface area contributed by atoms with Crippen molar-refractivity contribution >= 4 is 11.9 Å². The largest absolute Gasteiger partial charge is 0.504 e. The van der Waals surface area contributed by atoms with Crippen LogP contribution < -0.4 is 4.74 Å². The number of rotatable bonds is 5. The molecule has 0 spiro atoms. The van der Waals surface area contributed by atoms with E-state index < -0.39 is 0 Å². The van der Waals surface area contributed by atoms with Crippen molar-refractivity contribution in [2.24, 2.45) is 4.99 Å². The van der Waals surface area contributed by atoms with Crippen molar-refractivity contribution < 1.29 is 9.84 Å². The van der Waals surface area contributed by atoms with E-state index in [0.29, 0.717) is 17.2 Å². The zero-order valence-electron chi connectivity index (χ0n) is 12.7. The third-order valence-electron chi connectivity index (χ3n) is 3.68. The van der Waals surface area contributed by atoms with Crippen molar-refractivity contribution in [3.8, 4) is 11.5 Å². The second-order valence-electron chi connectivity index (χ2n) is 5.06. The van der Waals surface area contributed by atoms with Crippen LogP contribution in [0.1, 0.15) is 37.3 Å². The summed E-state index contributed by atoms with van der Waals surface area (Å²) in [4.78, 5) is 4.40. The van der Waals surface area contributed by atoms with Gasteiger partial charge in [-0.3, -0.25) is 4.99 Å². The van der Waals surface area contributed by atoms with Gasteiger partial charge in [-0.25, -0.2) is 0 Å². The third-order valence-corrected chi connectivity index (χ3v) is 3.68. The molecule has 0 aliphatic heterocycles. The van der Waals surface area contributed by atoms with Gasteiger partial charge in [-0.15, -0.1) is 0 Å². The second-order valence-corrected chi connectivity index (χ2v) is 5.06. The first kappa shape index (κ1) is 15.1. The molecule has 2 rings (SSSR count). The fourth-order valence-corrected chi connectivity index (χ4v) is 2.08. The average Bonchev–Trinajstić information content (AvgIpc) is 2.53. The van der Waals surface area contributed by atoms with Crippen LogP contribution in [-0.4, -0.2) is 18.4 Å². The van der Waals surface area contributed by atoms with Gasteiger partial charge in [-0.1, -0.05) is 32.0 Å². The maximum Gasteiger partial charge on any atom is 0.166 e. The maximum absolute atomic E-state index is 10.00. The zero-order chi connectivity index (χ0) is 15.2. The molecule has 3 heteroatoms. The molecule has 1 N–H and O–H groups in total. The number of phenolic OH excluding ortho intramolecular Hbond substituents is 1. The highest BCUT2D eigenvalue weighted by Gasteiger charge is 2.05. The zero-order valence-corrected chi connectivity index (χ0v) is 12.7. The van der Waals surface area contributed by atoms with E-state index in [1.54, 1.807) is 18.3 Å². The molecular weight excluding hydrogens is 262 g/mol. The van der Waals surface area contributed by atoms with E-state index in [4.69, 9.17) is 4.74 Å². The second kappa shape index (κ2) is 6.93. The normalized spacial score (nSPS) is 12.5. The van der Waals surface area contributed by atoms with Gasteiger partial charge in [-0.2, -0.15) is 0 Å². The minimum absolute atomic E-state index is 0.111. The third kappa shape index (κ3) is 3.63. The molecule has 0 aliphatic rings. The van der Waals surface area contributed by atoms with Crippen LogP contribution in [0.4, 0.5) is 5.69 Å². The molecule has 2 aromatic rings.